The SMILES string of the molecule is COc1cc2c(OC)cnc(O[C@@H]3C[C@H]4C(=O)N[C@]5(C(=O)NS(=O)(=O)C6(CO)CC6)C[C@H]5CCCC[C@H](C)C[C@@H](C)[C@H](NC(=O)OC(C)(C)C)C(=O)N4C3)c2cc1F. The Hall–Kier alpha value is -4.45. The van der Waals surface area contributed by atoms with Gasteiger partial charge in [0, 0.05) is 11.8 Å². The lowest BCUT2D eigenvalue weighted by atomic mass is 9.87. The summed E-state index contributed by atoms with van der Waals surface area (Å²) in [5, 5.41) is 16.2. The number of halogens is 1. The summed E-state index contributed by atoms with van der Waals surface area (Å²) in [7, 11) is -1.51. The van der Waals surface area contributed by atoms with Crippen molar-refractivity contribution in [2.75, 3.05) is 27.4 Å². The van der Waals surface area contributed by atoms with Crippen LogP contribution in [0.25, 0.3) is 10.8 Å². The summed E-state index contributed by atoms with van der Waals surface area (Å²) in [5.74, 6) is -3.21. The number of aromatic nitrogens is 1. The second-order valence-corrected chi connectivity index (χ2v) is 19.6. The summed E-state index contributed by atoms with van der Waals surface area (Å²) < 4.78 is 64.9. The number of methoxy groups -OCH3 is 2. The summed E-state index contributed by atoms with van der Waals surface area (Å²) in [6, 6.07) is 0.278. The van der Waals surface area contributed by atoms with Gasteiger partial charge in [-0.3, -0.25) is 19.1 Å². The molecular formula is C40H56FN5O11S. The van der Waals surface area contributed by atoms with Crippen LogP contribution in [0.5, 0.6) is 17.4 Å². The number of alkyl carbamates (subject to hydrolysis) is 1. The van der Waals surface area contributed by atoms with E-state index >= 15 is 4.39 Å². The first-order valence-corrected chi connectivity index (χ1v) is 21.4. The number of carbonyl (C=O) groups is 4. The van der Waals surface area contributed by atoms with Crippen molar-refractivity contribution in [1.82, 2.24) is 25.2 Å². The van der Waals surface area contributed by atoms with E-state index in [1.807, 2.05) is 6.92 Å². The van der Waals surface area contributed by atoms with Crippen LogP contribution < -0.4 is 29.6 Å². The Labute approximate surface area is 338 Å². The van der Waals surface area contributed by atoms with Crippen LogP contribution in [-0.4, -0.2) is 109 Å². The third kappa shape index (κ3) is 8.77. The molecule has 58 heavy (non-hydrogen) atoms. The number of fused-ring (bicyclic) bond motifs is 3. The van der Waals surface area contributed by atoms with Crippen LogP contribution in [0.2, 0.25) is 0 Å². The van der Waals surface area contributed by atoms with Crippen molar-refractivity contribution < 1.29 is 56.0 Å². The molecule has 3 heterocycles. The standard InChI is InChI=1S/C40H56FN5O11S/c1-22-10-8-9-11-24-18-40(24,36(50)45-58(52,53)39(21-47)12-13-39)44-33(48)29-15-25(20-46(29)35(49)32(23(2)14-22)43-37(51)57-38(3,4)5)56-34-27-16-28(41)30(54-6)17-26(27)31(55-7)19-42-34/h16-17,19,22-25,29,32,47H,8-15,18,20-21H2,1-7H3,(H,43,51)(H,44,48)(H,45,50)/t22-,23+,24+,25+,29-,32-,40+/m0/s1. The number of nitrogens with one attached hydrogen (secondary N) is 3. The molecular weight excluding hydrogens is 778 g/mol. The fourth-order valence-corrected chi connectivity index (χ4v) is 9.86. The molecule has 4 amide bonds. The van der Waals surface area contributed by atoms with Crippen molar-refractivity contribution in [2.24, 2.45) is 17.8 Å². The fourth-order valence-electron chi connectivity index (χ4n) is 8.41. The van der Waals surface area contributed by atoms with Crippen molar-refractivity contribution in [1.29, 1.82) is 0 Å². The van der Waals surface area contributed by atoms with Gasteiger partial charge in [-0.25, -0.2) is 22.6 Å². The molecule has 0 unspecified atom stereocenters. The zero-order chi connectivity index (χ0) is 42.4. The van der Waals surface area contributed by atoms with E-state index in [0.29, 0.717) is 30.4 Å². The number of benzene rings is 1. The number of rotatable bonds is 9. The first kappa shape index (κ1) is 43.1. The maximum atomic E-state index is 15.1. The van der Waals surface area contributed by atoms with Gasteiger partial charge in [-0.15, -0.1) is 0 Å². The van der Waals surface area contributed by atoms with E-state index in [-0.39, 0.29) is 61.1 Å². The summed E-state index contributed by atoms with van der Waals surface area (Å²) in [6.45, 7) is 8.23. The quantitative estimate of drug-likeness (QED) is 0.285. The lowest BCUT2D eigenvalue weighted by Crippen LogP contribution is -2.59. The molecule has 16 nitrogen and oxygen atoms in total. The second-order valence-electron chi connectivity index (χ2n) is 17.5. The van der Waals surface area contributed by atoms with Crippen LogP contribution in [0.1, 0.15) is 92.4 Å². The largest absolute Gasteiger partial charge is 0.494 e. The lowest BCUT2D eigenvalue weighted by Gasteiger charge is -2.33. The van der Waals surface area contributed by atoms with Gasteiger partial charge < -0.3 is 39.6 Å². The highest BCUT2D eigenvalue weighted by Crippen LogP contribution is 2.49. The van der Waals surface area contributed by atoms with Crippen molar-refractivity contribution in [3.63, 3.8) is 0 Å². The normalized spacial score (nSPS) is 28.8. The predicted octanol–water partition coefficient (Wildman–Crippen LogP) is 3.71. The summed E-state index contributed by atoms with van der Waals surface area (Å²) in [5.41, 5.74) is -2.45. The number of pyridine rings is 1. The molecule has 0 radical (unpaired) electrons. The number of ether oxygens (including phenoxy) is 4. The minimum atomic E-state index is -4.28. The molecule has 2 aliphatic carbocycles. The van der Waals surface area contributed by atoms with Gasteiger partial charge in [0.1, 0.15) is 39.8 Å². The van der Waals surface area contributed by atoms with E-state index in [2.05, 4.69) is 27.3 Å². The van der Waals surface area contributed by atoms with Gasteiger partial charge >= 0.3 is 6.09 Å². The first-order valence-electron chi connectivity index (χ1n) is 19.9. The van der Waals surface area contributed by atoms with E-state index in [9.17, 15) is 32.7 Å². The van der Waals surface area contributed by atoms with E-state index < -0.39 is 86.3 Å². The van der Waals surface area contributed by atoms with Gasteiger partial charge in [-0.05, 0) is 82.8 Å². The number of nitrogens with zero attached hydrogens (tertiary/aromatic N) is 2. The van der Waals surface area contributed by atoms with Crippen LogP contribution in [0.3, 0.4) is 0 Å². The Morgan fingerprint density at radius 1 is 1.05 bits per heavy atom. The van der Waals surface area contributed by atoms with E-state index in [1.165, 1.54) is 37.4 Å². The Morgan fingerprint density at radius 2 is 1.74 bits per heavy atom. The minimum Gasteiger partial charge on any atom is -0.494 e. The molecule has 2 saturated carbocycles. The summed E-state index contributed by atoms with van der Waals surface area (Å²) in [6.07, 6.45) is 3.58. The van der Waals surface area contributed by atoms with Crippen molar-refractivity contribution in [3.8, 4) is 17.4 Å². The number of aliphatic hydroxyl groups is 1. The third-order valence-corrected chi connectivity index (χ3v) is 14.1. The molecule has 7 atom stereocenters. The average Bonchev–Trinajstić information content (AvgIpc) is 4.05. The number of hydrogen-bond donors (Lipinski definition) is 4. The molecule has 1 aromatic heterocycles. The minimum absolute atomic E-state index is 0.00442. The second kappa shape index (κ2) is 16.3. The molecule has 4 N–H and O–H groups in total. The molecule has 0 bridgehead atoms. The highest BCUT2D eigenvalue weighted by atomic mass is 32.2. The smallest absolute Gasteiger partial charge is 0.408 e. The number of carbonyl (C=O) groups excluding carboxylic acids is 4. The molecule has 2 saturated heterocycles. The predicted molar refractivity (Wildman–Crippen MR) is 209 cm³/mol. The zero-order valence-corrected chi connectivity index (χ0v) is 35.0. The van der Waals surface area contributed by atoms with Crippen LogP contribution in [0, 0.1) is 23.6 Å². The Kier molecular flexibility index (Phi) is 12.1. The number of amides is 4. The van der Waals surface area contributed by atoms with Gasteiger partial charge in [-0.1, -0.05) is 33.1 Å². The van der Waals surface area contributed by atoms with Crippen LogP contribution >= 0.6 is 0 Å². The fraction of sp³-hybridized carbons (Fsp3) is 0.675. The van der Waals surface area contributed by atoms with Gasteiger partial charge in [-0.2, -0.15) is 0 Å². The highest BCUT2D eigenvalue weighted by molar-refractivity contribution is 7.91. The lowest BCUT2D eigenvalue weighted by molar-refractivity contribution is -0.142. The highest BCUT2D eigenvalue weighted by Gasteiger charge is 2.64. The van der Waals surface area contributed by atoms with Gasteiger partial charge in [0.05, 0.1) is 39.0 Å². The van der Waals surface area contributed by atoms with Gasteiger partial charge in [0.25, 0.3) is 5.91 Å². The van der Waals surface area contributed by atoms with Gasteiger partial charge in [0.15, 0.2) is 11.6 Å². The maximum Gasteiger partial charge on any atom is 0.408 e. The van der Waals surface area contributed by atoms with Crippen molar-refractivity contribution in [2.45, 2.75) is 126 Å². The third-order valence-electron chi connectivity index (χ3n) is 12.0. The van der Waals surface area contributed by atoms with Crippen molar-refractivity contribution >= 4 is 44.6 Å². The first-order chi connectivity index (χ1) is 27.3. The van der Waals surface area contributed by atoms with E-state index in [0.717, 1.165) is 12.8 Å². The molecule has 4 aliphatic rings. The molecule has 4 fully saturated rings. The zero-order valence-electron chi connectivity index (χ0n) is 34.2. The molecule has 1 aromatic carbocycles. The Morgan fingerprint density at radius 3 is 2.38 bits per heavy atom. The number of hydrogen-bond acceptors (Lipinski definition) is 12. The van der Waals surface area contributed by atoms with Crippen molar-refractivity contribution in [3.05, 3.63) is 24.1 Å². The number of aliphatic hydroxyl groups excluding tert-OH is 1. The molecule has 18 heteroatoms. The van der Waals surface area contributed by atoms with E-state index in [4.69, 9.17) is 18.9 Å². The van der Waals surface area contributed by atoms with Crippen LogP contribution in [-0.2, 0) is 29.1 Å². The summed E-state index contributed by atoms with van der Waals surface area (Å²) in [4.78, 5) is 62.3. The van der Waals surface area contributed by atoms with Crippen LogP contribution in [0.15, 0.2) is 18.3 Å². The average molecular weight is 834 g/mol. The maximum absolute atomic E-state index is 15.1. The topological polar surface area (TPSA) is 212 Å². The number of sulfonamides is 1. The molecule has 2 aliphatic heterocycles. The Bertz CT molecular complexity index is 2040. The molecule has 2 aromatic rings. The van der Waals surface area contributed by atoms with Crippen LogP contribution in [0.4, 0.5) is 9.18 Å². The summed E-state index contributed by atoms with van der Waals surface area (Å²) >= 11 is 0. The monoisotopic (exact) mass is 833 g/mol. The van der Waals surface area contributed by atoms with E-state index in [1.54, 1.807) is 20.8 Å². The molecule has 0 spiro atoms. The Balaban J connectivity index is 1.36. The molecule has 320 valence electrons. The van der Waals surface area contributed by atoms with Gasteiger partial charge in [0.2, 0.25) is 27.7 Å². The molecule has 6 rings (SSSR count).